The summed E-state index contributed by atoms with van der Waals surface area (Å²) >= 11 is 1.59. The highest BCUT2D eigenvalue weighted by molar-refractivity contribution is 7.97. The van der Waals surface area contributed by atoms with Gasteiger partial charge in [-0.05, 0) is 80.3 Å². The Bertz CT molecular complexity index is 1230. The van der Waals surface area contributed by atoms with Gasteiger partial charge in [0.1, 0.15) is 5.82 Å². The number of nitrogens with zero attached hydrogens (tertiary/aromatic N) is 4. The number of rotatable bonds is 8. The largest absolute Gasteiger partial charge is 0.340 e. The molecule has 1 aliphatic heterocycles. The third-order valence-corrected chi connectivity index (χ3v) is 6.23. The van der Waals surface area contributed by atoms with Crippen LogP contribution in [0.4, 0.5) is 23.1 Å². The van der Waals surface area contributed by atoms with Crippen molar-refractivity contribution in [3.63, 3.8) is 0 Å². The van der Waals surface area contributed by atoms with Crippen LogP contribution in [0.15, 0.2) is 80.9 Å². The second kappa shape index (κ2) is 10.3. The van der Waals surface area contributed by atoms with Crippen LogP contribution in [0.25, 0.3) is 0 Å². The highest BCUT2D eigenvalue weighted by Crippen LogP contribution is 2.24. The molecular weight excluding hydrogens is 430 g/mol. The minimum atomic E-state index is 0.524. The van der Waals surface area contributed by atoms with Crippen molar-refractivity contribution in [1.29, 1.82) is 0 Å². The summed E-state index contributed by atoms with van der Waals surface area (Å²) in [5.74, 6) is 1.23. The molecule has 0 fully saturated rings. The Hall–Kier alpha value is -3.65. The molecule has 0 spiro atoms. The summed E-state index contributed by atoms with van der Waals surface area (Å²) in [7, 11) is 1.77. The van der Waals surface area contributed by atoms with Crippen molar-refractivity contribution in [1.82, 2.24) is 14.7 Å². The van der Waals surface area contributed by atoms with Gasteiger partial charge in [0.25, 0.3) is 0 Å². The molecule has 0 unspecified atom stereocenters. The molecule has 0 amide bonds. The van der Waals surface area contributed by atoms with E-state index in [0.717, 1.165) is 39.7 Å². The minimum Gasteiger partial charge on any atom is -0.340 e. The second-order valence-corrected chi connectivity index (χ2v) is 8.55. The van der Waals surface area contributed by atoms with Gasteiger partial charge in [0.2, 0.25) is 5.95 Å². The van der Waals surface area contributed by atoms with Gasteiger partial charge in [-0.2, -0.15) is 4.98 Å². The molecular formula is C25H27N7S. The van der Waals surface area contributed by atoms with E-state index in [4.69, 9.17) is 0 Å². The lowest BCUT2D eigenvalue weighted by molar-refractivity contribution is 1.07. The first-order valence-corrected chi connectivity index (χ1v) is 11.5. The summed E-state index contributed by atoms with van der Waals surface area (Å²) in [6.45, 7) is 6.93. The maximum absolute atomic E-state index is 4.61. The first kappa shape index (κ1) is 22.5. The number of hydrogen-bond acceptors (Lipinski definition) is 8. The molecule has 4 rings (SSSR count). The molecule has 0 bridgehead atoms. The van der Waals surface area contributed by atoms with Crippen LogP contribution in [0.1, 0.15) is 25.0 Å². The number of anilines is 4. The van der Waals surface area contributed by atoms with Crippen LogP contribution in [-0.4, -0.2) is 35.5 Å². The second-order valence-electron chi connectivity index (χ2n) is 7.67. The van der Waals surface area contributed by atoms with Gasteiger partial charge in [0.05, 0.1) is 6.54 Å². The van der Waals surface area contributed by atoms with Gasteiger partial charge in [-0.15, -0.1) is 0 Å². The third-order valence-electron chi connectivity index (χ3n) is 5.37. The number of allylic oxidation sites excluding steroid dienone is 1. The first-order valence-electron chi connectivity index (χ1n) is 10.7. The van der Waals surface area contributed by atoms with Crippen LogP contribution in [0, 0.1) is 6.92 Å². The summed E-state index contributed by atoms with van der Waals surface area (Å²) in [4.78, 5) is 18.7. The van der Waals surface area contributed by atoms with Gasteiger partial charge in [0, 0.05) is 52.7 Å². The van der Waals surface area contributed by atoms with Crippen molar-refractivity contribution < 1.29 is 0 Å². The molecule has 2 aromatic carbocycles. The van der Waals surface area contributed by atoms with Crippen LogP contribution < -0.4 is 15.4 Å². The van der Waals surface area contributed by atoms with E-state index in [9.17, 15) is 0 Å². The molecule has 1 aliphatic rings. The molecule has 3 aromatic rings. The Balaban J connectivity index is 1.40. The van der Waals surface area contributed by atoms with E-state index in [0.29, 0.717) is 11.8 Å². The fraction of sp³-hybridized carbons (Fsp3) is 0.200. The smallest absolute Gasteiger partial charge is 0.229 e. The number of aryl methyl sites for hydroxylation is 1. The molecule has 33 heavy (non-hydrogen) atoms. The molecule has 1 aromatic heterocycles. The molecule has 3 N–H and O–H groups in total. The molecule has 0 saturated carbocycles. The van der Waals surface area contributed by atoms with E-state index in [1.54, 1.807) is 25.2 Å². The molecule has 0 radical (unpaired) electrons. The highest BCUT2D eigenvalue weighted by atomic mass is 32.2. The third kappa shape index (κ3) is 5.59. The maximum atomic E-state index is 4.61. The summed E-state index contributed by atoms with van der Waals surface area (Å²) in [6.07, 6.45) is 3.59. The topological polar surface area (TPSA) is 86.6 Å². The van der Waals surface area contributed by atoms with Crippen LogP contribution >= 0.6 is 11.9 Å². The quantitative estimate of drug-likeness (QED) is 0.299. The molecule has 0 atom stereocenters. The van der Waals surface area contributed by atoms with Crippen LogP contribution in [0.5, 0.6) is 0 Å². The molecule has 8 heteroatoms. The zero-order valence-corrected chi connectivity index (χ0v) is 20.0. The maximum Gasteiger partial charge on any atom is 0.229 e. The average Bonchev–Trinajstić information content (AvgIpc) is 3.13. The lowest BCUT2D eigenvalue weighted by Gasteiger charge is -2.12. The Kier molecular flexibility index (Phi) is 7.04. The van der Waals surface area contributed by atoms with E-state index in [1.165, 1.54) is 11.3 Å². The summed E-state index contributed by atoms with van der Waals surface area (Å²) in [5, 5.41) is 6.65. The van der Waals surface area contributed by atoms with Gasteiger partial charge < -0.3 is 15.4 Å². The lowest BCUT2D eigenvalue weighted by atomic mass is 10.1. The number of aromatic nitrogens is 2. The first-order chi connectivity index (χ1) is 16.0. The van der Waals surface area contributed by atoms with Crippen molar-refractivity contribution in [3.8, 4) is 0 Å². The Labute approximate surface area is 198 Å². The zero-order valence-electron chi connectivity index (χ0n) is 19.2. The molecule has 0 saturated heterocycles. The van der Waals surface area contributed by atoms with Crippen molar-refractivity contribution in [2.24, 2.45) is 9.98 Å². The van der Waals surface area contributed by atoms with E-state index in [1.807, 2.05) is 43.5 Å². The van der Waals surface area contributed by atoms with Crippen LogP contribution in [0.2, 0.25) is 0 Å². The predicted octanol–water partition coefficient (Wildman–Crippen LogP) is 5.67. The van der Waals surface area contributed by atoms with E-state index in [-0.39, 0.29) is 0 Å². The fourth-order valence-electron chi connectivity index (χ4n) is 3.33. The summed E-state index contributed by atoms with van der Waals surface area (Å²) in [6, 6.07) is 16.1. The van der Waals surface area contributed by atoms with E-state index >= 15 is 0 Å². The number of benzene rings is 2. The average molecular weight is 458 g/mol. The SMILES string of the molecule is CN=Cc1c(C)cccc1Nc1ccnc(Nc2ccc(SNC3=C(C)C(C)=NC3)cc2)n1. The van der Waals surface area contributed by atoms with Gasteiger partial charge in [-0.1, -0.05) is 12.1 Å². The molecule has 168 valence electrons. The Morgan fingerprint density at radius 1 is 1.00 bits per heavy atom. The van der Waals surface area contributed by atoms with Crippen molar-refractivity contribution in [2.75, 3.05) is 24.2 Å². The zero-order chi connectivity index (χ0) is 23.2. The Morgan fingerprint density at radius 3 is 2.55 bits per heavy atom. The van der Waals surface area contributed by atoms with Gasteiger partial charge in [-0.3, -0.25) is 9.98 Å². The van der Waals surface area contributed by atoms with Crippen LogP contribution in [-0.2, 0) is 0 Å². The monoisotopic (exact) mass is 457 g/mol. The highest BCUT2D eigenvalue weighted by Gasteiger charge is 2.12. The standard InChI is InChI=1S/C25H27N7S/c1-16-6-5-7-22(21(16)14-26-4)30-24-12-13-27-25(31-24)29-19-8-10-20(11-9-19)33-32-23-15-28-18(3)17(23)2/h5-14,32H,15H2,1-4H3,(H2,27,29,30,31). The van der Waals surface area contributed by atoms with E-state index in [2.05, 4.69) is 67.4 Å². The number of nitrogens with one attached hydrogen (secondary N) is 3. The predicted molar refractivity (Wildman–Crippen MR) is 139 cm³/mol. The van der Waals surface area contributed by atoms with Gasteiger partial charge in [-0.25, -0.2) is 4.98 Å². The fourth-order valence-corrected chi connectivity index (χ4v) is 4.07. The summed E-state index contributed by atoms with van der Waals surface area (Å²) in [5.41, 5.74) is 7.55. The van der Waals surface area contributed by atoms with Crippen molar-refractivity contribution in [2.45, 2.75) is 25.7 Å². The minimum absolute atomic E-state index is 0.524. The molecule has 2 heterocycles. The molecule has 7 nitrogen and oxygen atoms in total. The lowest BCUT2D eigenvalue weighted by Crippen LogP contribution is -2.06. The van der Waals surface area contributed by atoms with E-state index < -0.39 is 0 Å². The summed E-state index contributed by atoms with van der Waals surface area (Å²) < 4.78 is 3.41. The number of aliphatic imine (C=N–C) groups is 2. The van der Waals surface area contributed by atoms with Crippen molar-refractivity contribution in [3.05, 3.63) is 77.1 Å². The normalized spacial score (nSPS) is 13.4. The Morgan fingerprint density at radius 2 is 1.82 bits per heavy atom. The number of hydrogen-bond donors (Lipinski definition) is 3. The molecule has 0 aliphatic carbocycles. The van der Waals surface area contributed by atoms with Gasteiger partial charge >= 0.3 is 0 Å². The van der Waals surface area contributed by atoms with Gasteiger partial charge in [0.15, 0.2) is 0 Å². The van der Waals surface area contributed by atoms with Crippen molar-refractivity contribution >= 4 is 47.0 Å². The van der Waals surface area contributed by atoms with Crippen LogP contribution in [0.3, 0.4) is 0 Å².